The first-order valence-corrected chi connectivity index (χ1v) is 18.0. The van der Waals surface area contributed by atoms with Crippen LogP contribution in [-0.4, -0.2) is 102 Å². The van der Waals surface area contributed by atoms with E-state index in [1.54, 1.807) is 70.1 Å². The van der Waals surface area contributed by atoms with Gasteiger partial charge in [-0.3, -0.25) is 29.0 Å². The summed E-state index contributed by atoms with van der Waals surface area (Å²) in [4.78, 5) is 87.5. The second kappa shape index (κ2) is 18.3. The average molecular weight is 728 g/mol. The van der Waals surface area contributed by atoms with Gasteiger partial charge in [0.05, 0.1) is 6.04 Å². The molecule has 0 saturated carbocycles. The van der Waals surface area contributed by atoms with E-state index in [0.717, 1.165) is 0 Å². The zero-order valence-electron chi connectivity index (χ0n) is 33.0. The number of ketones is 1. The molecule has 0 spiro atoms. The molecule has 1 aromatic carbocycles. The Balaban J connectivity index is 2.34. The Bertz CT molecular complexity index is 1460. The van der Waals surface area contributed by atoms with Crippen LogP contribution in [-0.2, 0) is 28.7 Å². The highest BCUT2D eigenvalue weighted by atomic mass is 16.6. The molecular formula is C38H61N7O7. The van der Waals surface area contributed by atoms with Crippen molar-refractivity contribution in [1.29, 1.82) is 0 Å². The maximum Gasteiger partial charge on any atom is 0.408 e. The van der Waals surface area contributed by atoms with Crippen LogP contribution < -0.4 is 21.7 Å². The number of Topliss-reactive ketones (excluding diaryl/α,β-unsaturated/α-hetero) is 1. The predicted molar refractivity (Wildman–Crippen MR) is 200 cm³/mol. The Labute approximate surface area is 309 Å². The highest BCUT2D eigenvalue weighted by molar-refractivity contribution is 6.38. The van der Waals surface area contributed by atoms with Gasteiger partial charge in [0.1, 0.15) is 35.6 Å². The first-order chi connectivity index (χ1) is 24.0. The number of carbonyl (C=O) groups is 6. The molecule has 5 N–H and O–H groups in total. The Morgan fingerprint density at radius 1 is 0.962 bits per heavy atom. The topological polar surface area (TPSA) is 193 Å². The van der Waals surface area contributed by atoms with Crippen molar-refractivity contribution in [2.75, 3.05) is 20.6 Å². The molecule has 1 aliphatic heterocycles. The van der Waals surface area contributed by atoms with Crippen LogP contribution in [0.4, 0.5) is 4.79 Å². The normalized spacial score (nSPS) is 18.9. The molecule has 1 aliphatic rings. The summed E-state index contributed by atoms with van der Waals surface area (Å²) in [5, 5.41) is 7.89. The van der Waals surface area contributed by atoms with Crippen LogP contribution in [0.2, 0.25) is 0 Å². The third-order valence-electron chi connectivity index (χ3n) is 8.90. The van der Waals surface area contributed by atoms with Crippen LogP contribution >= 0.6 is 0 Å². The van der Waals surface area contributed by atoms with Gasteiger partial charge >= 0.3 is 6.09 Å². The largest absolute Gasteiger partial charge is 0.444 e. The van der Waals surface area contributed by atoms with E-state index in [1.165, 1.54) is 11.8 Å². The number of rotatable bonds is 14. The summed E-state index contributed by atoms with van der Waals surface area (Å²) < 4.78 is 5.45. The number of amidine groups is 1. The Morgan fingerprint density at radius 3 is 2.06 bits per heavy atom. The van der Waals surface area contributed by atoms with E-state index in [-0.39, 0.29) is 35.9 Å². The van der Waals surface area contributed by atoms with Gasteiger partial charge in [0, 0.05) is 20.6 Å². The Morgan fingerprint density at radius 2 is 1.56 bits per heavy atom. The number of likely N-dealkylation sites (N-methyl/N-ethyl adjacent to an activating group) is 1. The minimum absolute atomic E-state index is 0.0350. The predicted octanol–water partition coefficient (Wildman–Crippen LogP) is 3.34. The molecule has 0 bridgehead atoms. The minimum Gasteiger partial charge on any atom is -0.444 e. The fraction of sp³-hybridized carbons (Fsp3) is 0.658. The highest BCUT2D eigenvalue weighted by Crippen LogP contribution is 2.33. The fourth-order valence-electron chi connectivity index (χ4n) is 6.11. The molecule has 14 heteroatoms. The van der Waals surface area contributed by atoms with Crippen molar-refractivity contribution < 1.29 is 33.5 Å². The van der Waals surface area contributed by atoms with Gasteiger partial charge in [-0.05, 0) is 63.4 Å². The summed E-state index contributed by atoms with van der Waals surface area (Å²) in [6.45, 7) is 18.4. The molecule has 2 unspecified atom stereocenters. The van der Waals surface area contributed by atoms with E-state index in [9.17, 15) is 28.8 Å². The van der Waals surface area contributed by atoms with Gasteiger partial charge in [-0.15, -0.1) is 0 Å². The lowest BCUT2D eigenvalue weighted by Gasteiger charge is -2.37. The standard InChI is InChI=1S/C38H61N7O7/c1-13-17-26(29(46)33(48)40-23(4)32(47)42-27(34(49)44(11)12)24-18-15-14-16-19-24)41-31(39)28-25(22(2)3)20-21-45(28)35(50)30(37(5,6)7)43-36(51)52-38(8,9)10/h14-16,18-19,22-23,25-28,30H,13,17,20-21H2,1-12H3,(H2,39,41)(H,40,48)(H,42,47)(H,43,51)/t23-,25+,26?,27?,28-,30+/m0/s1. The number of amides is 5. The molecule has 0 aromatic heterocycles. The van der Waals surface area contributed by atoms with Crippen LogP contribution in [0.3, 0.4) is 0 Å². The van der Waals surface area contributed by atoms with Crippen LogP contribution in [0, 0.1) is 17.3 Å². The number of likely N-dealkylation sites (tertiary alicyclic amines) is 1. The molecular weight excluding hydrogens is 666 g/mol. The van der Waals surface area contributed by atoms with Crippen molar-refractivity contribution in [2.24, 2.45) is 28.0 Å². The molecule has 1 fully saturated rings. The summed E-state index contributed by atoms with van der Waals surface area (Å²) in [6.07, 6.45) is 0.585. The van der Waals surface area contributed by atoms with Gasteiger partial charge in [-0.1, -0.05) is 78.3 Å². The lowest BCUT2D eigenvalue weighted by molar-refractivity contribution is -0.140. The number of nitrogens with zero attached hydrogens (tertiary/aromatic N) is 3. The third-order valence-corrected chi connectivity index (χ3v) is 8.90. The molecule has 5 amide bonds. The lowest BCUT2D eigenvalue weighted by Crippen LogP contribution is -2.59. The van der Waals surface area contributed by atoms with Gasteiger partial charge in [0.25, 0.3) is 5.91 Å². The zero-order chi connectivity index (χ0) is 39.7. The first-order valence-electron chi connectivity index (χ1n) is 18.0. The van der Waals surface area contributed by atoms with Crippen molar-refractivity contribution >= 4 is 41.3 Å². The van der Waals surface area contributed by atoms with Crippen molar-refractivity contribution in [1.82, 2.24) is 25.8 Å². The van der Waals surface area contributed by atoms with Gasteiger partial charge in [0.15, 0.2) is 0 Å². The van der Waals surface area contributed by atoms with Crippen molar-refractivity contribution in [2.45, 2.75) is 124 Å². The number of nitrogens with one attached hydrogen (secondary N) is 3. The number of hydrogen-bond donors (Lipinski definition) is 4. The van der Waals surface area contributed by atoms with E-state index in [1.807, 2.05) is 41.5 Å². The molecule has 0 aliphatic carbocycles. The van der Waals surface area contributed by atoms with Crippen LogP contribution in [0.25, 0.3) is 0 Å². The molecule has 1 aromatic rings. The molecule has 52 heavy (non-hydrogen) atoms. The maximum atomic E-state index is 14.2. The number of nitrogens with two attached hydrogens (primary N) is 1. The van der Waals surface area contributed by atoms with Crippen molar-refractivity contribution in [3.63, 3.8) is 0 Å². The summed E-state index contributed by atoms with van der Waals surface area (Å²) in [6, 6.07) is 3.71. The summed E-state index contributed by atoms with van der Waals surface area (Å²) in [5.74, 6) is -3.27. The smallest absolute Gasteiger partial charge is 0.408 e. The highest BCUT2D eigenvalue weighted by Gasteiger charge is 2.46. The second-order valence-electron chi connectivity index (χ2n) is 16.1. The summed E-state index contributed by atoms with van der Waals surface area (Å²) in [7, 11) is 3.14. The molecule has 1 saturated heterocycles. The first kappa shape index (κ1) is 43.7. The SMILES string of the molecule is CCCC(N=C(N)[C@@H]1[C@@H](C(C)C)CCN1C(=O)[C@@H](NC(=O)OC(C)(C)C)C(C)(C)C)C(=O)C(=O)N[C@@H](C)C(=O)NC(C(=O)N(C)C)c1ccccc1. The molecule has 1 heterocycles. The van der Waals surface area contributed by atoms with Gasteiger partial charge in [-0.25, -0.2) is 4.79 Å². The lowest BCUT2D eigenvalue weighted by atomic mass is 9.84. The third kappa shape index (κ3) is 12.0. The number of hydrogen-bond acceptors (Lipinski definition) is 8. The van der Waals surface area contributed by atoms with Gasteiger partial charge < -0.3 is 36.2 Å². The molecule has 6 atom stereocenters. The van der Waals surface area contributed by atoms with E-state index in [2.05, 4.69) is 20.9 Å². The van der Waals surface area contributed by atoms with Crippen LogP contribution in [0.5, 0.6) is 0 Å². The molecule has 2 rings (SSSR count). The van der Waals surface area contributed by atoms with Gasteiger partial charge in [-0.2, -0.15) is 0 Å². The number of aliphatic imine (C=N–C) groups is 1. The molecule has 0 radical (unpaired) electrons. The fourth-order valence-corrected chi connectivity index (χ4v) is 6.11. The molecule has 14 nitrogen and oxygen atoms in total. The number of ether oxygens (including phenoxy) is 1. The van der Waals surface area contributed by atoms with Crippen LogP contribution in [0.15, 0.2) is 35.3 Å². The number of carbonyl (C=O) groups excluding carboxylic acids is 6. The van der Waals surface area contributed by atoms with Crippen LogP contribution in [0.1, 0.15) is 100 Å². The zero-order valence-corrected chi connectivity index (χ0v) is 33.0. The monoisotopic (exact) mass is 727 g/mol. The molecule has 290 valence electrons. The Hall–Kier alpha value is -4.49. The number of alkyl carbamates (subject to hydrolysis) is 1. The van der Waals surface area contributed by atoms with Crippen molar-refractivity contribution in [3.8, 4) is 0 Å². The van der Waals surface area contributed by atoms with Gasteiger partial charge in [0.2, 0.25) is 23.5 Å². The van der Waals surface area contributed by atoms with Crippen molar-refractivity contribution in [3.05, 3.63) is 35.9 Å². The summed E-state index contributed by atoms with van der Waals surface area (Å²) in [5.41, 5.74) is 5.77. The van der Waals surface area contributed by atoms with E-state index >= 15 is 0 Å². The quantitative estimate of drug-likeness (QED) is 0.127. The van der Waals surface area contributed by atoms with E-state index < -0.39 is 64.9 Å². The Kier molecular flexibility index (Phi) is 15.4. The van der Waals surface area contributed by atoms with E-state index in [4.69, 9.17) is 10.5 Å². The minimum atomic E-state index is -1.17. The number of benzene rings is 1. The van der Waals surface area contributed by atoms with E-state index in [0.29, 0.717) is 24.9 Å². The summed E-state index contributed by atoms with van der Waals surface area (Å²) >= 11 is 0. The average Bonchev–Trinajstić information content (AvgIpc) is 3.50. The maximum absolute atomic E-state index is 14.2. The second-order valence-corrected chi connectivity index (χ2v) is 16.1.